The Morgan fingerprint density at radius 1 is 1.12 bits per heavy atom. The number of benzene rings is 1. The summed E-state index contributed by atoms with van der Waals surface area (Å²) in [5.41, 5.74) is 4.29. The molecule has 2 aromatic heterocycles. The van der Waals surface area contributed by atoms with Crippen molar-refractivity contribution in [3.05, 3.63) is 59.3 Å². The van der Waals surface area contributed by atoms with Gasteiger partial charge in [0.15, 0.2) is 0 Å². The van der Waals surface area contributed by atoms with Crippen LogP contribution in [-0.2, 0) is 16.0 Å². The van der Waals surface area contributed by atoms with Crippen LogP contribution < -0.4 is 0 Å². The number of carbonyl (C=O) groups excluding carboxylic acids is 2. The second-order valence-corrected chi connectivity index (χ2v) is 12.4. The van der Waals surface area contributed by atoms with Crippen molar-refractivity contribution in [2.75, 3.05) is 33.8 Å². The number of ether oxygens (including phenoxy) is 1. The lowest BCUT2D eigenvalue weighted by Crippen LogP contribution is -2.33. The number of methoxy groups -OCH3 is 1. The number of rotatable bonds is 8. The largest absolute Gasteiger partial charge is 0.469 e. The molecule has 1 amide bonds. The van der Waals surface area contributed by atoms with Crippen LogP contribution in [-0.4, -0.2) is 71.1 Å². The Bertz CT molecular complexity index is 1410. The van der Waals surface area contributed by atoms with Gasteiger partial charge in [-0.3, -0.25) is 14.6 Å². The maximum absolute atomic E-state index is 14.4. The highest BCUT2D eigenvalue weighted by Crippen LogP contribution is 2.34. The molecule has 3 heterocycles. The van der Waals surface area contributed by atoms with Crippen molar-refractivity contribution in [1.29, 1.82) is 0 Å². The van der Waals surface area contributed by atoms with Crippen molar-refractivity contribution in [3.8, 4) is 5.69 Å². The molecule has 1 saturated heterocycles. The SMILES string of the molecule is COC(=O)[C@H]1CC[C@H](CN2CC[C@@H](Cc3cn(-c4ccc(F)cc4C(=O)N(C)C(C)C)c4cncc(C)c34)C2)CC1. The number of halogens is 1. The first-order valence-corrected chi connectivity index (χ1v) is 15.0. The molecule has 0 spiro atoms. The minimum atomic E-state index is -0.426. The normalized spacial score (nSPS) is 21.5. The van der Waals surface area contributed by atoms with E-state index in [2.05, 4.69) is 23.0 Å². The summed E-state index contributed by atoms with van der Waals surface area (Å²) in [6.07, 6.45) is 12.0. The Morgan fingerprint density at radius 2 is 1.88 bits per heavy atom. The molecule has 0 N–H and O–H groups in total. The fourth-order valence-corrected chi connectivity index (χ4v) is 6.78. The van der Waals surface area contributed by atoms with Crippen LogP contribution in [0.25, 0.3) is 16.6 Å². The van der Waals surface area contributed by atoms with Gasteiger partial charge in [-0.2, -0.15) is 0 Å². The van der Waals surface area contributed by atoms with Crippen LogP contribution in [0, 0.1) is 30.5 Å². The first-order chi connectivity index (χ1) is 19.7. The number of aromatic nitrogens is 2. The molecule has 0 unspecified atom stereocenters. The average Bonchev–Trinajstić information content (AvgIpc) is 3.57. The summed E-state index contributed by atoms with van der Waals surface area (Å²) in [6.45, 7) is 9.24. The number of fused-ring (bicyclic) bond motifs is 1. The summed E-state index contributed by atoms with van der Waals surface area (Å²) in [4.78, 5) is 34.0. The average molecular weight is 563 g/mol. The molecule has 0 bridgehead atoms. The molecule has 1 saturated carbocycles. The third-order valence-electron chi connectivity index (χ3n) is 9.30. The number of amides is 1. The van der Waals surface area contributed by atoms with E-state index < -0.39 is 5.82 Å². The standard InChI is InChI=1S/C33H43FN4O3/c1-21(2)36(4)32(39)28-15-27(34)10-11-29(28)38-20-26(31-22(3)16-35-17-30(31)38)14-24-12-13-37(19-24)18-23-6-8-25(9-7-23)33(40)41-5/h10-11,15-17,20-21,23-25H,6-9,12-14,18-19H2,1-5H3/t23-,24-,25-/m0/s1. The zero-order chi connectivity index (χ0) is 29.3. The number of likely N-dealkylation sites (tertiary alicyclic amines) is 1. The lowest BCUT2D eigenvalue weighted by molar-refractivity contribution is -0.146. The molecule has 5 rings (SSSR count). The molecule has 1 aliphatic heterocycles. The quantitative estimate of drug-likeness (QED) is 0.325. The third kappa shape index (κ3) is 6.17. The van der Waals surface area contributed by atoms with E-state index in [4.69, 9.17) is 4.74 Å². The summed E-state index contributed by atoms with van der Waals surface area (Å²) in [6, 6.07) is 4.46. The van der Waals surface area contributed by atoms with Gasteiger partial charge in [0.2, 0.25) is 0 Å². The molecular weight excluding hydrogens is 519 g/mol. The zero-order valence-electron chi connectivity index (χ0n) is 25.0. The Hall–Kier alpha value is -3.26. The van der Waals surface area contributed by atoms with E-state index in [-0.39, 0.29) is 23.8 Å². The van der Waals surface area contributed by atoms with Crippen molar-refractivity contribution < 1.29 is 18.7 Å². The fraction of sp³-hybridized carbons (Fsp3) is 0.545. The van der Waals surface area contributed by atoms with E-state index in [0.29, 0.717) is 23.1 Å². The monoisotopic (exact) mass is 562 g/mol. The van der Waals surface area contributed by atoms with Crippen LogP contribution in [0.1, 0.15) is 67.4 Å². The van der Waals surface area contributed by atoms with Crippen molar-refractivity contribution >= 4 is 22.8 Å². The van der Waals surface area contributed by atoms with Crippen LogP contribution in [0.4, 0.5) is 4.39 Å². The predicted octanol–water partition coefficient (Wildman–Crippen LogP) is 5.80. The number of pyridine rings is 1. The van der Waals surface area contributed by atoms with Gasteiger partial charge in [0.1, 0.15) is 5.82 Å². The molecule has 2 aliphatic rings. The molecule has 1 aromatic carbocycles. The van der Waals surface area contributed by atoms with Gasteiger partial charge in [0, 0.05) is 44.0 Å². The van der Waals surface area contributed by atoms with E-state index in [1.54, 1.807) is 18.0 Å². The van der Waals surface area contributed by atoms with E-state index >= 15 is 0 Å². The number of carbonyl (C=O) groups is 2. The first-order valence-electron chi connectivity index (χ1n) is 15.0. The second-order valence-electron chi connectivity index (χ2n) is 12.4. The van der Waals surface area contributed by atoms with Crippen molar-refractivity contribution in [2.45, 2.75) is 65.3 Å². The minimum absolute atomic E-state index is 0.00676. The molecule has 41 heavy (non-hydrogen) atoms. The van der Waals surface area contributed by atoms with Crippen molar-refractivity contribution in [2.24, 2.45) is 17.8 Å². The maximum atomic E-state index is 14.4. The van der Waals surface area contributed by atoms with E-state index in [9.17, 15) is 14.0 Å². The Labute approximate surface area is 242 Å². The summed E-state index contributed by atoms with van der Waals surface area (Å²) in [5, 5.41) is 1.17. The van der Waals surface area contributed by atoms with Crippen molar-refractivity contribution in [3.63, 3.8) is 0 Å². The van der Waals surface area contributed by atoms with Crippen LogP contribution in [0.5, 0.6) is 0 Å². The summed E-state index contributed by atoms with van der Waals surface area (Å²) in [5.74, 6) is 0.562. The van der Waals surface area contributed by atoms with Gasteiger partial charge in [0.25, 0.3) is 5.91 Å². The van der Waals surface area contributed by atoms with Crippen LogP contribution >= 0.6 is 0 Å². The molecule has 8 heteroatoms. The molecule has 3 aromatic rings. The number of hydrogen-bond donors (Lipinski definition) is 0. The van der Waals surface area contributed by atoms with Gasteiger partial charge < -0.3 is 19.1 Å². The minimum Gasteiger partial charge on any atom is -0.469 e. The van der Waals surface area contributed by atoms with Crippen LogP contribution in [0.15, 0.2) is 36.8 Å². The van der Waals surface area contributed by atoms with Gasteiger partial charge in [-0.25, -0.2) is 4.39 Å². The second kappa shape index (κ2) is 12.3. The highest BCUT2D eigenvalue weighted by molar-refractivity contribution is 5.99. The molecular formula is C33H43FN4O3. The number of hydrogen-bond acceptors (Lipinski definition) is 5. The van der Waals surface area contributed by atoms with Gasteiger partial charge >= 0.3 is 5.97 Å². The van der Waals surface area contributed by atoms with Crippen LogP contribution in [0.2, 0.25) is 0 Å². The van der Waals surface area contributed by atoms with E-state index in [0.717, 1.165) is 69.2 Å². The Morgan fingerprint density at radius 3 is 2.59 bits per heavy atom. The zero-order valence-corrected chi connectivity index (χ0v) is 25.0. The molecule has 1 aliphatic carbocycles. The van der Waals surface area contributed by atoms with Gasteiger partial charge in [-0.1, -0.05) is 0 Å². The maximum Gasteiger partial charge on any atom is 0.308 e. The van der Waals surface area contributed by atoms with Gasteiger partial charge in [0.05, 0.1) is 36.0 Å². The Kier molecular flexibility index (Phi) is 8.78. The highest BCUT2D eigenvalue weighted by atomic mass is 19.1. The predicted molar refractivity (Wildman–Crippen MR) is 159 cm³/mol. The lowest BCUT2D eigenvalue weighted by atomic mass is 9.82. The lowest BCUT2D eigenvalue weighted by Gasteiger charge is -2.30. The summed E-state index contributed by atoms with van der Waals surface area (Å²) >= 11 is 0. The molecule has 7 nitrogen and oxygen atoms in total. The number of nitrogens with zero attached hydrogens (tertiary/aromatic N) is 4. The van der Waals surface area contributed by atoms with E-state index in [1.165, 1.54) is 30.2 Å². The topological polar surface area (TPSA) is 67.7 Å². The fourth-order valence-electron chi connectivity index (χ4n) is 6.78. The smallest absolute Gasteiger partial charge is 0.308 e. The number of esters is 1. The van der Waals surface area contributed by atoms with E-state index in [1.807, 2.05) is 30.8 Å². The van der Waals surface area contributed by atoms with Crippen LogP contribution in [0.3, 0.4) is 0 Å². The molecule has 0 radical (unpaired) electrons. The third-order valence-corrected chi connectivity index (χ3v) is 9.30. The molecule has 1 atom stereocenters. The first kappa shape index (κ1) is 29.2. The molecule has 2 fully saturated rings. The highest BCUT2D eigenvalue weighted by Gasteiger charge is 2.31. The summed E-state index contributed by atoms with van der Waals surface area (Å²) in [7, 11) is 3.24. The van der Waals surface area contributed by atoms with Gasteiger partial charge in [-0.15, -0.1) is 0 Å². The number of aryl methyl sites for hydroxylation is 1. The van der Waals surface area contributed by atoms with Gasteiger partial charge in [-0.05, 0) is 107 Å². The van der Waals surface area contributed by atoms with Crippen molar-refractivity contribution in [1.82, 2.24) is 19.4 Å². The Balaban J connectivity index is 1.35. The molecule has 220 valence electrons. The summed E-state index contributed by atoms with van der Waals surface area (Å²) < 4.78 is 21.4.